The summed E-state index contributed by atoms with van der Waals surface area (Å²) in [7, 11) is 0. The van der Waals surface area contributed by atoms with Crippen molar-refractivity contribution in [2.24, 2.45) is 5.92 Å². The molecule has 0 atom stereocenters. The van der Waals surface area contributed by atoms with Crippen LogP contribution in [-0.2, 0) is 9.59 Å². The molecule has 1 saturated heterocycles. The Morgan fingerprint density at radius 2 is 1.56 bits per heavy atom. The lowest BCUT2D eigenvalue weighted by atomic mass is 9.96. The van der Waals surface area contributed by atoms with Gasteiger partial charge >= 0.3 is 0 Å². The second-order valence-electron chi connectivity index (χ2n) is 8.71. The van der Waals surface area contributed by atoms with E-state index in [1.807, 2.05) is 42.5 Å². The molecular formula is C27H30N6O3. The normalized spacial score (nSPS) is 13.6. The van der Waals surface area contributed by atoms with Gasteiger partial charge in [-0.25, -0.2) is 0 Å². The number of benzene rings is 2. The van der Waals surface area contributed by atoms with Crippen LogP contribution in [0.4, 0.5) is 11.5 Å². The fraction of sp³-hybridized carbons (Fsp3) is 0.296. The average Bonchev–Trinajstić information content (AvgIpc) is 2.91. The zero-order valence-corrected chi connectivity index (χ0v) is 20.2. The number of rotatable bonds is 8. The number of nitrogens with zero attached hydrogens (tertiary/aromatic N) is 3. The van der Waals surface area contributed by atoms with Crippen LogP contribution in [0.2, 0.25) is 0 Å². The molecule has 3 amide bonds. The van der Waals surface area contributed by atoms with Gasteiger partial charge in [0.25, 0.3) is 5.91 Å². The smallest absolute Gasteiger partial charge is 0.251 e. The molecule has 0 saturated carbocycles. The van der Waals surface area contributed by atoms with Gasteiger partial charge in [-0.3, -0.25) is 14.4 Å². The zero-order chi connectivity index (χ0) is 25.3. The van der Waals surface area contributed by atoms with Crippen LogP contribution in [0.25, 0.3) is 11.3 Å². The Morgan fingerprint density at radius 1 is 0.861 bits per heavy atom. The van der Waals surface area contributed by atoms with Crippen molar-refractivity contribution in [2.75, 3.05) is 36.4 Å². The van der Waals surface area contributed by atoms with Crippen molar-refractivity contribution in [3.63, 3.8) is 0 Å². The molecule has 1 aliphatic heterocycles. The first kappa shape index (κ1) is 24.8. The minimum absolute atomic E-state index is 0.00840. The molecule has 4 rings (SSSR count). The molecule has 2 aromatic carbocycles. The highest BCUT2D eigenvalue weighted by atomic mass is 16.2. The van der Waals surface area contributed by atoms with Crippen LogP contribution in [0.1, 0.15) is 30.1 Å². The zero-order valence-electron chi connectivity index (χ0n) is 20.2. The van der Waals surface area contributed by atoms with E-state index in [2.05, 4.69) is 31.0 Å². The number of hydrogen-bond donors (Lipinski definition) is 3. The highest BCUT2D eigenvalue weighted by molar-refractivity contribution is 5.95. The average molecular weight is 487 g/mol. The Labute approximate surface area is 210 Å². The molecule has 0 bridgehead atoms. The van der Waals surface area contributed by atoms with Crippen molar-refractivity contribution in [1.82, 2.24) is 20.8 Å². The van der Waals surface area contributed by atoms with Crippen molar-refractivity contribution >= 4 is 29.2 Å². The van der Waals surface area contributed by atoms with E-state index in [0.29, 0.717) is 24.3 Å². The van der Waals surface area contributed by atoms with Gasteiger partial charge in [0.05, 0.1) is 5.69 Å². The molecular weight excluding hydrogens is 456 g/mol. The van der Waals surface area contributed by atoms with E-state index >= 15 is 0 Å². The quantitative estimate of drug-likeness (QED) is 0.422. The van der Waals surface area contributed by atoms with Gasteiger partial charge in [0.1, 0.15) is 0 Å². The third kappa shape index (κ3) is 6.65. The standard InChI is InChI=1S/C27H30N6O3/c1-19(34)30-23-9-7-21(8-10-23)26(35)28-15-16-29-27(36)22-13-17-33(18-14-22)25-12-11-24(31-32-25)20-5-3-2-4-6-20/h2-12,22H,13-18H2,1H3,(H,28,35)(H,29,36)(H,30,34). The van der Waals surface area contributed by atoms with Gasteiger partial charge in [-0.2, -0.15) is 0 Å². The molecule has 0 radical (unpaired) electrons. The Hall–Kier alpha value is -4.27. The maximum Gasteiger partial charge on any atom is 0.251 e. The van der Waals surface area contributed by atoms with Crippen LogP contribution in [0.15, 0.2) is 66.7 Å². The Bertz CT molecular complexity index is 1170. The number of carbonyl (C=O) groups is 3. The molecule has 3 aromatic rings. The van der Waals surface area contributed by atoms with Gasteiger partial charge in [0.2, 0.25) is 11.8 Å². The summed E-state index contributed by atoms with van der Waals surface area (Å²) in [5.41, 5.74) is 2.99. The topological polar surface area (TPSA) is 116 Å². The summed E-state index contributed by atoms with van der Waals surface area (Å²) in [6.45, 7) is 3.60. The van der Waals surface area contributed by atoms with E-state index < -0.39 is 0 Å². The number of hydrogen-bond acceptors (Lipinski definition) is 6. The minimum Gasteiger partial charge on any atom is -0.355 e. The third-order valence-corrected chi connectivity index (χ3v) is 6.09. The van der Waals surface area contributed by atoms with Crippen LogP contribution >= 0.6 is 0 Å². The minimum atomic E-state index is -0.230. The van der Waals surface area contributed by atoms with Gasteiger partial charge in [-0.05, 0) is 49.2 Å². The van der Waals surface area contributed by atoms with E-state index in [-0.39, 0.29) is 23.6 Å². The van der Waals surface area contributed by atoms with Crippen molar-refractivity contribution in [2.45, 2.75) is 19.8 Å². The first-order chi connectivity index (χ1) is 17.5. The Balaban J connectivity index is 1.16. The van der Waals surface area contributed by atoms with Crippen molar-refractivity contribution < 1.29 is 14.4 Å². The van der Waals surface area contributed by atoms with Crippen LogP contribution in [0.5, 0.6) is 0 Å². The lowest BCUT2D eigenvalue weighted by Gasteiger charge is -2.31. The SMILES string of the molecule is CC(=O)Nc1ccc(C(=O)NCCNC(=O)C2CCN(c3ccc(-c4ccccc4)nn3)CC2)cc1. The van der Waals surface area contributed by atoms with Crippen molar-refractivity contribution in [1.29, 1.82) is 0 Å². The Kier molecular flexibility index (Phi) is 8.23. The lowest BCUT2D eigenvalue weighted by molar-refractivity contribution is -0.125. The van der Waals surface area contributed by atoms with Crippen LogP contribution in [-0.4, -0.2) is 54.1 Å². The first-order valence-corrected chi connectivity index (χ1v) is 12.1. The molecule has 3 N–H and O–H groups in total. The predicted molar refractivity (Wildman–Crippen MR) is 138 cm³/mol. The fourth-order valence-electron chi connectivity index (χ4n) is 4.14. The van der Waals surface area contributed by atoms with Gasteiger partial charge in [-0.1, -0.05) is 30.3 Å². The number of anilines is 2. The molecule has 0 aliphatic carbocycles. The highest BCUT2D eigenvalue weighted by Crippen LogP contribution is 2.23. The van der Waals surface area contributed by atoms with Crippen molar-refractivity contribution in [3.8, 4) is 11.3 Å². The van der Waals surface area contributed by atoms with Gasteiger partial charge in [0.15, 0.2) is 5.82 Å². The number of amides is 3. The molecule has 2 heterocycles. The third-order valence-electron chi connectivity index (χ3n) is 6.09. The lowest BCUT2D eigenvalue weighted by Crippen LogP contribution is -2.42. The summed E-state index contributed by atoms with van der Waals surface area (Å²) in [5, 5.41) is 17.1. The molecule has 1 aromatic heterocycles. The second kappa shape index (κ2) is 11.9. The predicted octanol–water partition coefficient (Wildman–Crippen LogP) is 2.86. The van der Waals surface area contributed by atoms with Crippen LogP contribution in [0, 0.1) is 5.92 Å². The molecule has 186 valence electrons. The van der Waals surface area contributed by atoms with Crippen LogP contribution < -0.4 is 20.9 Å². The summed E-state index contributed by atoms with van der Waals surface area (Å²) in [6, 6.07) is 20.5. The number of aromatic nitrogens is 2. The van der Waals surface area contributed by atoms with E-state index in [1.165, 1.54) is 6.92 Å². The van der Waals surface area contributed by atoms with Crippen molar-refractivity contribution in [3.05, 3.63) is 72.3 Å². The van der Waals surface area contributed by atoms with E-state index in [1.54, 1.807) is 24.3 Å². The molecule has 1 aliphatic rings. The Morgan fingerprint density at radius 3 is 2.19 bits per heavy atom. The largest absolute Gasteiger partial charge is 0.355 e. The van der Waals surface area contributed by atoms with Crippen LogP contribution in [0.3, 0.4) is 0 Å². The molecule has 36 heavy (non-hydrogen) atoms. The van der Waals surface area contributed by atoms with E-state index in [9.17, 15) is 14.4 Å². The summed E-state index contributed by atoms with van der Waals surface area (Å²) < 4.78 is 0. The fourth-order valence-corrected chi connectivity index (χ4v) is 4.14. The van der Waals surface area contributed by atoms with E-state index in [4.69, 9.17) is 0 Å². The maximum absolute atomic E-state index is 12.6. The molecule has 1 fully saturated rings. The maximum atomic E-state index is 12.6. The first-order valence-electron chi connectivity index (χ1n) is 12.1. The van der Waals surface area contributed by atoms with Gasteiger partial charge in [0, 0.05) is 55.8 Å². The van der Waals surface area contributed by atoms with Gasteiger partial charge in [-0.15, -0.1) is 10.2 Å². The van der Waals surface area contributed by atoms with Gasteiger partial charge < -0.3 is 20.9 Å². The summed E-state index contributed by atoms with van der Waals surface area (Å²) in [6.07, 6.45) is 1.47. The molecule has 9 nitrogen and oxygen atoms in total. The molecule has 9 heteroatoms. The highest BCUT2D eigenvalue weighted by Gasteiger charge is 2.25. The molecule has 0 spiro atoms. The van der Waals surface area contributed by atoms with E-state index in [0.717, 1.165) is 43.0 Å². The number of nitrogens with one attached hydrogen (secondary N) is 3. The summed E-state index contributed by atoms with van der Waals surface area (Å²) >= 11 is 0. The molecule has 0 unspecified atom stereocenters. The monoisotopic (exact) mass is 486 g/mol. The second-order valence-corrected chi connectivity index (χ2v) is 8.71. The number of carbonyl (C=O) groups excluding carboxylic acids is 3. The number of piperidine rings is 1. The summed E-state index contributed by atoms with van der Waals surface area (Å²) in [5.74, 6) is 0.372. The summed E-state index contributed by atoms with van der Waals surface area (Å²) in [4.78, 5) is 38.1.